The van der Waals surface area contributed by atoms with E-state index in [1.165, 1.54) is 19.3 Å². The quantitative estimate of drug-likeness (QED) is 0.775. The molecule has 3 amide bonds. The second-order valence-electron chi connectivity index (χ2n) is 6.26. The molecule has 1 aromatic carbocycles. The molecule has 5 heteroatoms. The van der Waals surface area contributed by atoms with Crippen LogP contribution in [-0.4, -0.2) is 24.0 Å². The van der Waals surface area contributed by atoms with Gasteiger partial charge < -0.3 is 16.0 Å². The van der Waals surface area contributed by atoms with Gasteiger partial charge in [-0.2, -0.15) is 0 Å². The van der Waals surface area contributed by atoms with Crippen LogP contribution in [0.3, 0.4) is 0 Å². The molecule has 1 atom stereocenters. The minimum absolute atomic E-state index is 0.103. The van der Waals surface area contributed by atoms with Crippen LogP contribution in [0.2, 0.25) is 0 Å². The lowest BCUT2D eigenvalue weighted by atomic mass is 9.96. The number of anilines is 1. The lowest BCUT2D eigenvalue weighted by Gasteiger charge is -2.23. The lowest BCUT2D eigenvalue weighted by Crippen LogP contribution is -2.39. The van der Waals surface area contributed by atoms with E-state index < -0.39 is 0 Å². The van der Waals surface area contributed by atoms with Crippen LogP contribution in [0.1, 0.15) is 62.7 Å². The smallest absolute Gasteiger partial charge is 0.319 e. The Morgan fingerprint density at radius 1 is 1.17 bits per heavy atom. The highest BCUT2D eigenvalue weighted by atomic mass is 16.2. The summed E-state index contributed by atoms with van der Waals surface area (Å²) in [6.45, 7) is 3.98. The number of rotatable bonds is 5. The van der Waals surface area contributed by atoms with Crippen molar-refractivity contribution < 1.29 is 9.59 Å². The maximum absolute atomic E-state index is 12.3. The Balaban J connectivity index is 1.98. The van der Waals surface area contributed by atoms with Crippen LogP contribution in [-0.2, 0) is 0 Å². The van der Waals surface area contributed by atoms with Crippen LogP contribution in [0.15, 0.2) is 24.3 Å². The number of hydrogen-bond donors (Lipinski definition) is 3. The molecule has 1 fully saturated rings. The first-order valence-corrected chi connectivity index (χ1v) is 8.57. The Kier molecular flexibility index (Phi) is 6.44. The summed E-state index contributed by atoms with van der Waals surface area (Å²) in [7, 11) is 0. The molecule has 2 rings (SSSR count). The molecule has 1 saturated carbocycles. The molecule has 0 radical (unpaired) electrons. The summed E-state index contributed by atoms with van der Waals surface area (Å²) >= 11 is 0. The zero-order chi connectivity index (χ0) is 16.7. The molecule has 0 saturated heterocycles. The molecular weight excluding hydrogens is 290 g/mol. The van der Waals surface area contributed by atoms with E-state index in [1.54, 1.807) is 18.2 Å². The summed E-state index contributed by atoms with van der Waals surface area (Å²) < 4.78 is 0. The van der Waals surface area contributed by atoms with Crippen LogP contribution in [0, 0.1) is 0 Å². The Bertz CT molecular complexity index is 539. The third-order valence-corrected chi connectivity index (χ3v) is 4.35. The van der Waals surface area contributed by atoms with Crippen LogP contribution in [0.5, 0.6) is 0 Å². The number of hydrogen-bond acceptors (Lipinski definition) is 2. The molecule has 0 spiro atoms. The van der Waals surface area contributed by atoms with Gasteiger partial charge in [-0.3, -0.25) is 4.79 Å². The number of carbonyl (C=O) groups excluding carboxylic acids is 2. The fourth-order valence-corrected chi connectivity index (χ4v) is 2.78. The highest BCUT2D eigenvalue weighted by molar-refractivity contribution is 6.03. The summed E-state index contributed by atoms with van der Waals surface area (Å²) in [5.74, 6) is -0.159. The normalized spacial score (nSPS) is 16.4. The first-order valence-electron chi connectivity index (χ1n) is 8.57. The van der Waals surface area contributed by atoms with Crippen molar-refractivity contribution in [2.45, 2.75) is 64.5 Å². The maximum Gasteiger partial charge on any atom is 0.319 e. The average Bonchev–Trinajstić information content (AvgIpc) is 2.56. The molecule has 126 valence electrons. The summed E-state index contributed by atoms with van der Waals surface area (Å²) in [5, 5.41) is 8.75. The maximum atomic E-state index is 12.3. The summed E-state index contributed by atoms with van der Waals surface area (Å²) in [4.78, 5) is 24.5. The van der Waals surface area contributed by atoms with E-state index in [0.29, 0.717) is 11.3 Å². The number of carbonyl (C=O) groups is 2. The summed E-state index contributed by atoms with van der Waals surface area (Å²) in [6.07, 6.45) is 6.51. The monoisotopic (exact) mass is 317 g/mol. The minimum Gasteiger partial charge on any atom is -0.350 e. The van der Waals surface area contributed by atoms with Gasteiger partial charge in [0.1, 0.15) is 0 Å². The molecule has 0 aromatic heterocycles. The van der Waals surface area contributed by atoms with Gasteiger partial charge in [0.05, 0.1) is 11.3 Å². The van der Waals surface area contributed by atoms with Gasteiger partial charge in [-0.15, -0.1) is 0 Å². The van der Waals surface area contributed by atoms with Gasteiger partial charge in [0.15, 0.2) is 0 Å². The van der Waals surface area contributed by atoms with Crippen molar-refractivity contribution in [1.29, 1.82) is 0 Å². The molecule has 0 unspecified atom stereocenters. The molecule has 0 bridgehead atoms. The molecule has 1 aromatic rings. The predicted molar refractivity (Wildman–Crippen MR) is 92.7 cm³/mol. The Morgan fingerprint density at radius 3 is 2.57 bits per heavy atom. The van der Waals surface area contributed by atoms with E-state index in [4.69, 9.17) is 0 Å². The predicted octanol–water partition coefficient (Wildman–Crippen LogP) is 3.67. The van der Waals surface area contributed by atoms with E-state index in [-0.39, 0.29) is 24.0 Å². The first kappa shape index (κ1) is 17.3. The molecular formula is C18H27N3O2. The van der Waals surface area contributed by atoms with Gasteiger partial charge in [-0.1, -0.05) is 38.3 Å². The van der Waals surface area contributed by atoms with Crippen molar-refractivity contribution >= 4 is 17.6 Å². The average molecular weight is 317 g/mol. The van der Waals surface area contributed by atoms with Crippen molar-refractivity contribution in [3.8, 4) is 0 Å². The second kappa shape index (κ2) is 8.56. The zero-order valence-electron chi connectivity index (χ0n) is 14.0. The Morgan fingerprint density at radius 2 is 1.87 bits per heavy atom. The molecule has 23 heavy (non-hydrogen) atoms. The third kappa shape index (κ3) is 5.27. The topological polar surface area (TPSA) is 70.2 Å². The zero-order valence-corrected chi connectivity index (χ0v) is 14.0. The van der Waals surface area contributed by atoms with Gasteiger partial charge in [-0.25, -0.2) is 4.79 Å². The summed E-state index contributed by atoms with van der Waals surface area (Å²) in [6, 6.07) is 7.21. The van der Waals surface area contributed by atoms with E-state index in [1.807, 2.05) is 19.9 Å². The third-order valence-electron chi connectivity index (χ3n) is 4.35. The van der Waals surface area contributed by atoms with Gasteiger partial charge in [0.25, 0.3) is 5.91 Å². The van der Waals surface area contributed by atoms with E-state index in [0.717, 1.165) is 19.3 Å². The van der Waals surface area contributed by atoms with Crippen molar-refractivity contribution in [3.05, 3.63) is 29.8 Å². The standard InChI is InChI=1S/C18H27N3O2/c1-3-13(2)19-17(22)15-11-7-8-12-16(15)21-18(23)20-14-9-5-4-6-10-14/h7-8,11-14H,3-6,9-10H2,1-2H3,(H,19,22)(H2,20,21,23)/t13-/m0/s1. The number of benzene rings is 1. The molecule has 0 aliphatic heterocycles. The number of para-hydroxylation sites is 1. The molecule has 1 aliphatic carbocycles. The highest BCUT2D eigenvalue weighted by Gasteiger charge is 2.18. The van der Waals surface area contributed by atoms with Gasteiger partial charge in [-0.05, 0) is 38.3 Å². The van der Waals surface area contributed by atoms with Crippen LogP contribution in [0.4, 0.5) is 10.5 Å². The van der Waals surface area contributed by atoms with Gasteiger partial charge in [0, 0.05) is 12.1 Å². The SMILES string of the molecule is CC[C@H](C)NC(=O)c1ccccc1NC(=O)NC1CCCCC1. The van der Waals surface area contributed by atoms with Crippen molar-refractivity contribution in [3.63, 3.8) is 0 Å². The van der Waals surface area contributed by atoms with Gasteiger partial charge >= 0.3 is 6.03 Å². The van der Waals surface area contributed by atoms with Crippen molar-refractivity contribution in [1.82, 2.24) is 10.6 Å². The summed E-state index contributed by atoms with van der Waals surface area (Å²) in [5.41, 5.74) is 1.04. The Hall–Kier alpha value is -2.04. The van der Waals surface area contributed by atoms with E-state index >= 15 is 0 Å². The van der Waals surface area contributed by atoms with E-state index in [2.05, 4.69) is 16.0 Å². The lowest BCUT2D eigenvalue weighted by molar-refractivity contribution is 0.0940. The number of amides is 3. The van der Waals surface area contributed by atoms with E-state index in [9.17, 15) is 9.59 Å². The van der Waals surface area contributed by atoms with Gasteiger partial charge in [0.2, 0.25) is 0 Å². The molecule has 5 nitrogen and oxygen atoms in total. The number of urea groups is 1. The largest absolute Gasteiger partial charge is 0.350 e. The van der Waals surface area contributed by atoms with Crippen molar-refractivity contribution in [2.75, 3.05) is 5.32 Å². The number of nitrogens with one attached hydrogen (secondary N) is 3. The Labute approximate surface area is 138 Å². The van der Waals surface area contributed by atoms with Crippen LogP contribution >= 0.6 is 0 Å². The fraction of sp³-hybridized carbons (Fsp3) is 0.556. The molecule has 0 heterocycles. The van der Waals surface area contributed by atoms with Crippen molar-refractivity contribution in [2.24, 2.45) is 0 Å². The minimum atomic E-state index is -0.235. The highest BCUT2D eigenvalue weighted by Crippen LogP contribution is 2.18. The second-order valence-corrected chi connectivity index (χ2v) is 6.26. The van der Waals surface area contributed by atoms with Crippen LogP contribution in [0.25, 0.3) is 0 Å². The molecule has 1 aliphatic rings. The molecule has 3 N–H and O–H groups in total. The first-order chi connectivity index (χ1) is 11.1. The van der Waals surface area contributed by atoms with Crippen LogP contribution < -0.4 is 16.0 Å². The fourth-order valence-electron chi connectivity index (χ4n) is 2.78.